The Hall–Kier alpha value is -1.97. The van der Waals surface area contributed by atoms with Crippen LogP contribution in [0.5, 0.6) is 0 Å². The van der Waals surface area contributed by atoms with Crippen molar-refractivity contribution in [2.75, 3.05) is 0 Å². The van der Waals surface area contributed by atoms with Crippen molar-refractivity contribution in [3.8, 4) is 5.82 Å². The van der Waals surface area contributed by atoms with Crippen molar-refractivity contribution in [1.29, 1.82) is 0 Å². The van der Waals surface area contributed by atoms with Crippen LogP contribution >= 0.6 is 0 Å². The molecule has 0 aliphatic carbocycles. The fraction of sp³-hybridized carbons (Fsp3) is 0.182. The molecule has 0 unspecified atom stereocenters. The van der Waals surface area contributed by atoms with E-state index in [9.17, 15) is 4.79 Å². The topological polar surface area (TPSA) is 47.8 Å². The number of rotatable bonds is 2. The van der Waals surface area contributed by atoms with Gasteiger partial charge in [-0.2, -0.15) is 5.10 Å². The van der Waals surface area contributed by atoms with Gasteiger partial charge in [-0.05, 0) is 26.0 Å². The van der Waals surface area contributed by atoms with Gasteiger partial charge in [-0.3, -0.25) is 4.79 Å². The SMILES string of the molecule is Cc1cccc(-n2cc(C=O)c(C)n2)n1. The molecule has 4 heteroatoms. The zero-order chi connectivity index (χ0) is 10.8. The van der Waals surface area contributed by atoms with Crippen molar-refractivity contribution >= 4 is 6.29 Å². The van der Waals surface area contributed by atoms with Gasteiger partial charge in [-0.1, -0.05) is 6.07 Å². The summed E-state index contributed by atoms with van der Waals surface area (Å²) in [5.74, 6) is 0.728. The molecule has 2 aromatic heterocycles. The van der Waals surface area contributed by atoms with Gasteiger partial charge in [0.05, 0.1) is 11.3 Å². The van der Waals surface area contributed by atoms with Crippen LogP contribution in [0, 0.1) is 13.8 Å². The summed E-state index contributed by atoms with van der Waals surface area (Å²) in [7, 11) is 0. The summed E-state index contributed by atoms with van der Waals surface area (Å²) in [5, 5.41) is 4.22. The van der Waals surface area contributed by atoms with Crippen LogP contribution in [-0.4, -0.2) is 21.1 Å². The molecule has 0 bridgehead atoms. The summed E-state index contributed by atoms with van der Waals surface area (Å²) in [5.41, 5.74) is 2.24. The molecule has 76 valence electrons. The maximum atomic E-state index is 10.7. The second-order valence-corrected chi connectivity index (χ2v) is 3.37. The second-order valence-electron chi connectivity index (χ2n) is 3.37. The highest BCUT2D eigenvalue weighted by Crippen LogP contribution is 2.08. The molecule has 15 heavy (non-hydrogen) atoms. The number of carbonyl (C=O) groups excluding carboxylic acids is 1. The molecular formula is C11H11N3O. The third kappa shape index (κ3) is 1.79. The molecule has 0 aliphatic rings. The van der Waals surface area contributed by atoms with Crippen LogP contribution in [0.1, 0.15) is 21.7 Å². The molecule has 0 saturated carbocycles. The number of carbonyl (C=O) groups is 1. The summed E-state index contributed by atoms with van der Waals surface area (Å²) in [6.07, 6.45) is 2.48. The minimum Gasteiger partial charge on any atom is -0.298 e. The first kappa shape index (κ1) is 9.58. The van der Waals surface area contributed by atoms with Crippen molar-refractivity contribution in [1.82, 2.24) is 14.8 Å². The zero-order valence-electron chi connectivity index (χ0n) is 8.64. The van der Waals surface area contributed by atoms with Crippen molar-refractivity contribution in [3.05, 3.63) is 41.3 Å². The highest BCUT2D eigenvalue weighted by atomic mass is 16.1. The molecule has 0 fully saturated rings. The van der Waals surface area contributed by atoms with Crippen LogP contribution in [0.25, 0.3) is 5.82 Å². The predicted molar refractivity (Wildman–Crippen MR) is 56.2 cm³/mol. The quantitative estimate of drug-likeness (QED) is 0.695. The van der Waals surface area contributed by atoms with Crippen molar-refractivity contribution < 1.29 is 4.79 Å². The Bertz CT molecular complexity index is 502. The summed E-state index contributed by atoms with van der Waals surface area (Å²) in [6, 6.07) is 5.68. The van der Waals surface area contributed by atoms with E-state index in [4.69, 9.17) is 0 Å². The highest BCUT2D eigenvalue weighted by molar-refractivity contribution is 5.75. The van der Waals surface area contributed by atoms with Gasteiger partial charge in [0.1, 0.15) is 0 Å². The molecule has 0 atom stereocenters. The van der Waals surface area contributed by atoms with Crippen LogP contribution in [0.4, 0.5) is 0 Å². The van der Waals surface area contributed by atoms with Crippen LogP contribution in [0.3, 0.4) is 0 Å². The fourth-order valence-corrected chi connectivity index (χ4v) is 1.36. The minimum atomic E-state index is 0.596. The van der Waals surface area contributed by atoms with Crippen LogP contribution in [0.2, 0.25) is 0 Å². The first-order chi connectivity index (χ1) is 7.20. The predicted octanol–water partition coefficient (Wildman–Crippen LogP) is 1.70. The normalized spacial score (nSPS) is 10.3. The molecule has 0 spiro atoms. The molecule has 0 saturated heterocycles. The van der Waals surface area contributed by atoms with Crippen LogP contribution in [0.15, 0.2) is 24.4 Å². The molecule has 2 aromatic rings. The zero-order valence-corrected chi connectivity index (χ0v) is 8.64. The lowest BCUT2D eigenvalue weighted by atomic mass is 10.3. The Morgan fingerprint density at radius 3 is 2.73 bits per heavy atom. The highest BCUT2D eigenvalue weighted by Gasteiger charge is 2.05. The number of hydrogen-bond acceptors (Lipinski definition) is 3. The number of aromatic nitrogens is 3. The molecule has 2 rings (SSSR count). The van der Waals surface area contributed by atoms with E-state index >= 15 is 0 Å². The molecule has 2 heterocycles. The molecule has 4 nitrogen and oxygen atoms in total. The van der Waals surface area contributed by atoms with Gasteiger partial charge in [0.25, 0.3) is 0 Å². The maximum Gasteiger partial charge on any atom is 0.153 e. The van der Waals surface area contributed by atoms with Crippen molar-refractivity contribution in [2.24, 2.45) is 0 Å². The van der Waals surface area contributed by atoms with Gasteiger partial charge >= 0.3 is 0 Å². The van der Waals surface area contributed by atoms with Gasteiger partial charge in [-0.25, -0.2) is 9.67 Å². The standard InChI is InChI=1S/C11H11N3O/c1-8-4-3-5-11(12-8)14-6-10(7-15)9(2)13-14/h3-7H,1-2H3. The maximum absolute atomic E-state index is 10.7. The summed E-state index contributed by atoms with van der Waals surface area (Å²) in [6.45, 7) is 3.72. The lowest BCUT2D eigenvalue weighted by molar-refractivity contribution is 0.112. The van der Waals surface area contributed by atoms with Crippen molar-refractivity contribution in [2.45, 2.75) is 13.8 Å². The number of aryl methyl sites for hydroxylation is 2. The second kappa shape index (κ2) is 3.65. The van der Waals surface area contributed by atoms with E-state index in [1.807, 2.05) is 25.1 Å². The Balaban J connectivity index is 2.49. The monoisotopic (exact) mass is 201 g/mol. The third-order valence-electron chi connectivity index (χ3n) is 2.17. The molecule has 0 aromatic carbocycles. The molecule has 0 N–H and O–H groups in total. The number of pyridine rings is 1. The first-order valence-electron chi connectivity index (χ1n) is 4.66. The summed E-state index contributed by atoms with van der Waals surface area (Å²) in [4.78, 5) is 15.0. The van der Waals surface area contributed by atoms with Gasteiger partial charge in [0, 0.05) is 11.9 Å². The molecule has 0 aliphatic heterocycles. The average Bonchev–Trinajstić information content (AvgIpc) is 2.60. The lowest BCUT2D eigenvalue weighted by Gasteiger charge is -2.00. The Morgan fingerprint density at radius 2 is 2.13 bits per heavy atom. The molecule has 0 amide bonds. The minimum absolute atomic E-state index is 0.596. The van der Waals surface area contributed by atoms with Gasteiger partial charge in [0.2, 0.25) is 0 Å². The average molecular weight is 201 g/mol. The van der Waals surface area contributed by atoms with Gasteiger partial charge in [-0.15, -0.1) is 0 Å². The molecule has 0 radical (unpaired) electrons. The summed E-state index contributed by atoms with van der Waals surface area (Å²) >= 11 is 0. The van der Waals surface area contributed by atoms with Crippen LogP contribution < -0.4 is 0 Å². The van der Waals surface area contributed by atoms with Crippen molar-refractivity contribution in [3.63, 3.8) is 0 Å². The van der Waals surface area contributed by atoms with E-state index in [1.165, 1.54) is 0 Å². The van der Waals surface area contributed by atoms with E-state index in [-0.39, 0.29) is 0 Å². The van der Waals surface area contributed by atoms with E-state index in [0.29, 0.717) is 11.3 Å². The first-order valence-corrected chi connectivity index (χ1v) is 4.66. The smallest absolute Gasteiger partial charge is 0.153 e. The number of hydrogen-bond donors (Lipinski definition) is 0. The Morgan fingerprint density at radius 1 is 1.33 bits per heavy atom. The number of nitrogens with zero attached hydrogens (tertiary/aromatic N) is 3. The Labute approximate surface area is 87.6 Å². The lowest BCUT2D eigenvalue weighted by Crippen LogP contribution is -1.98. The van der Waals surface area contributed by atoms with E-state index < -0.39 is 0 Å². The fourth-order valence-electron chi connectivity index (χ4n) is 1.36. The van der Waals surface area contributed by atoms with Gasteiger partial charge < -0.3 is 0 Å². The van der Waals surface area contributed by atoms with E-state index in [0.717, 1.165) is 17.8 Å². The Kier molecular flexibility index (Phi) is 2.33. The summed E-state index contributed by atoms with van der Waals surface area (Å²) < 4.78 is 1.62. The third-order valence-corrected chi connectivity index (χ3v) is 2.17. The largest absolute Gasteiger partial charge is 0.298 e. The molecular weight excluding hydrogens is 190 g/mol. The van der Waals surface area contributed by atoms with E-state index in [1.54, 1.807) is 17.8 Å². The van der Waals surface area contributed by atoms with E-state index in [2.05, 4.69) is 10.1 Å². The number of aldehydes is 1. The van der Waals surface area contributed by atoms with Gasteiger partial charge in [0.15, 0.2) is 12.1 Å². The van der Waals surface area contributed by atoms with Crippen LogP contribution in [-0.2, 0) is 0 Å².